The maximum atomic E-state index is 5.85. The Kier molecular flexibility index (Phi) is 3.63. The average molecular weight is 307 g/mol. The van der Waals surface area contributed by atoms with Crippen molar-refractivity contribution < 1.29 is 0 Å². The molecule has 3 heterocycles. The number of aromatic amines is 1. The number of aromatic nitrogens is 2. The smallest absolute Gasteiger partial charge is 0.0457 e. The second-order valence-electron chi connectivity index (χ2n) is 6.11. The van der Waals surface area contributed by atoms with Crippen LogP contribution in [0.1, 0.15) is 5.69 Å². The first kappa shape index (κ1) is 14.1. The molecule has 1 saturated heterocycles. The van der Waals surface area contributed by atoms with Crippen LogP contribution in [0.3, 0.4) is 0 Å². The van der Waals surface area contributed by atoms with Crippen molar-refractivity contribution >= 4 is 22.3 Å². The molecule has 3 N–H and O–H groups in total. The summed E-state index contributed by atoms with van der Waals surface area (Å²) in [6.45, 7) is 5.20. The van der Waals surface area contributed by atoms with Gasteiger partial charge in [-0.3, -0.25) is 9.88 Å². The minimum Gasteiger partial charge on any atom is -0.399 e. The summed E-state index contributed by atoms with van der Waals surface area (Å²) in [5.74, 6) is 0. The van der Waals surface area contributed by atoms with E-state index in [1.165, 1.54) is 16.8 Å². The second kappa shape index (κ2) is 5.93. The van der Waals surface area contributed by atoms with Crippen LogP contribution in [-0.4, -0.2) is 41.0 Å². The highest BCUT2D eigenvalue weighted by Crippen LogP contribution is 2.20. The number of nitrogens with one attached hydrogen (secondary N) is 1. The van der Waals surface area contributed by atoms with Gasteiger partial charge in [-0.05, 0) is 36.4 Å². The van der Waals surface area contributed by atoms with E-state index < -0.39 is 0 Å². The number of rotatable bonds is 3. The van der Waals surface area contributed by atoms with Gasteiger partial charge < -0.3 is 15.6 Å². The maximum absolute atomic E-state index is 5.85. The Labute approximate surface area is 135 Å². The molecule has 5 heteroatoms. The molecule has 1 aliphatic rings. The van der Waals surface area contributed by atoms with E-state index in [1.54, 1.807) is 0 Å². The van der Waals surface area contributed by atoms with Crippen molar-refractivity contribution in [1.29, 1.82) is 0 Å². The van der Waals surface area contributed by atoms with Gasteiger partial charge in [0.25, 0.3) is 0 Å². The Hall–Kier alpha value is -2.53. The van der Waals surface area contributed by atoms with Crippen LogP contribution in [0.4, 0.5) is 11.4 Å². The van der Waals surface area contributed by atoms with Gasteiger partial charge in [-0.2, -0.15) is 0 Å². The van der Waals surface area contributed by atoms with E-state index in [9.17, 15) is 0 Å². The number of piperazine rings is 1. The van der Waals surface area contributed by atoms with Gasteiger partial charge in [0, 0.05) is 73.1 Å². The summed E-state index contributed by atoms with van der Waals surface area (Å²) in [7, 11) is 0. The predicted molar refractivity (Wildman–Crippen MR) is 94.4 cm³/mol. The lowest BCUT2D eigenvalue weighted by Crippen LogP contribution is -2.46. The molecular weight excluding hydrogens is 286 g/mol. The van der Waals surface area contributed by atoms with Crippen LogP contribution in [0, 0.1) is 0 Å². The van der Waals surface area contributed by atoms with Gasteiger partial charge >= 0.3 is 0 Å². The van der Waals surface area contributed by atoms with E-state index in [0.29, 0.717) is 0 Å². The van der Waals surface area contributed by atoms with Crippen LogP contribution in [-0.2, 0) is 6.54 Å². The van der Waals surface area contributed by atoms with Gasteiger partial charge in [0.2, 0.25) is 0 Å². The van der Waals surface area contributed by atoms with Crippen LogP contribution in [0.2, 0.25) is 0 Å². The molecule has 1 aliphatic heterocycles. The molecule has 0 unspecified atom stereocenters. The molecule has 1 aromatic carbocycles. The van der Waals surface area contributed by atoms with E-state index in [-0.39, 0.29) is 0 Å². The molecule has 0 amide bonds. The lowest BCUT2D eigenvalue weighted by atomic mass is 10.2. The number of nitrogen functional groups attached to an aromatic ring is 1. The zero-order chi connectivity index (χ0) is 15.6. The Morgan fingerprint density at radius 2 is 1.78 bits per heavy atom. The number of nitrogens with zero attached hydrogens (tertiary/aromatic N) is 3. The van der Waals surface area contributed by atoms with Crippen molar-refractivity contribution in [2.75, 3.05) is 36.8 Å². The van der Waals surface area contributed by atoms with Crippen LogP contribution >= 0.6 is 0 Å². The second-order valence-corrected chi connectivity index (χ2v) is 6.11. The maximum Gasteiger partial charge on any atom is 0.0457 e. The van der Waals surface area contributed by atoms with Crippen molar-refractivity contribution in [3.8, 4) is 0 Å². The number of fused-ring (bicyclic) bond motifs is 1. The highest BCUT2D eigenvalue weighted by atomic mass is 15.3. The summed E-state index contributed by atoms with van der Waals surface area (Å²) in [5, 5.41) is 1.19. The van der Waals surface area contributed by atoms with E-state index in [1.807, 2.05) is 24.5 Å². The van der Waals surface area contributed by atoms with Crippen LogP contribution in [0.5, 0.6) is 0 Å². The van der Waals surface area contributed by atoms with Gasteiger partial charge in [-0.25, -0.2) is 0 Å². The molecule has 0 atom stereocenters. The SMILES string of the molecule is Nc1ccc2[nH]c(CN3CCN(c4ccncc4)CC3)cc2c1. The fourth-order valence-electron chi connectivity index (χ4n) is 3.26. The average Bonchev–Trinajstić information content (AvgIpc) is 2.97. The lowest BCUT2D eigenvalue weighted by Gasteiger charge is -2.35. The molecule has 5 nitrogen and oxygen atoms in total. The normalized spacial score (nSPS) is 16.1. The molecule has 1 fully saturated rings. The molecule has 0 spiro atoms. The van der Waals surface area contributed by atoms with E-state index in [4.69, 9.17) is 5.73 Å². The summed E-state index contributed by atoms with van der Waals surface area (Å²) >= 11 is 0. The minimum absolute atomic E-state index is 0.814. The first-order chi connectivity index (χ1) is 11.3. The van der Waals surface area contributed by atoms with Crippen molar-refractivity contribution in [3.63, 3.8) is 0 Å². The van der Waals surface area contributed by atoms with E-state index >= 15 is 0 Å². The number of pyridine rings is 1. The first-order valence-electron chi connectivity index (χ1n) is 8.02. The Morgan fingerprint density at radius 1 is 1.00 bits per heavy atom. The fourth-order valence-corrected chi connectivity index (χ4v) is 3.26. The third-order valence-corrected chi connectivity index (χ3v) is 4.49. The lowest BCUT2D eigenvalue weighted by molar-refractivity contribution is 0.247. The molecule has 0 saturated carbocycles. The monoisotopic (exact) mass is 307 g/mol. The summed E-state index contributed by atoms with van der Waals surface area (Å²) in [6, 6.07) is 12.4. The van der Waals surface area contributed by atoms with E-state index in [0.717, 1.165) is 43.9 Å². The molecule has 4 rings (SSSR count). The van der Waals surface area contributed by atoms with Gasteiger partial charge in [0.1, 0.15) is 0 Å². The van der Waals surface area contributed by atoms with Crippen LogP contribution < -0.4 is 10.6 Å². The number of hydrogen-bond acceptors (Lipinski definition) is 4. The number of nitrogens with two attached hydrogens (primary N) is 1. The highest BCUT2D eigenvalue weighted by molar-refractivity contribution is 5.83. The summed E-state index contributed by atoms with van der Waals surface area (Å²) in [5.41, 5.74) is 10.3. The number of hydrogen-bond donors (Lipinski definition) is 2. The molecule has 0 aliphatic carbocycles. The van der Waals surface area contributed by atoms with Gasteiger partial charge in [-0.15, -0.1) is 0 Å². The summed E-state index contributed by atoms with van der Waals surface area (Å²) in [6.07, 6.45) is 3.72. The molecule has 23 heavy (non-hydrogen) atoms. The summed E-state index contributed by atoms with van der Waals surface area (Å²) < 4.78 is 0. The van der Waals surface area contributed by atoms with Gasteiger partial charge in [0.15, 0.2) is 0 Å². The Bertz CT molecular complexity index is 788. The Balaban J connectivity index is 1.40. The predicted octanol–water partition coefficient (Wildman–Crippen LogP) is 2.47. The quantitative estimate of drug-likeness (QED) is 0.730. The third-order valence-electron chi connectivity index (χ3n) is 4.49. The van der Waals surface area contributed by atoms with Crippen LogP contribution in [0.25, 0.3) is 10.9 Å². The van der Waals surface area contributed by atoms with Crippen LogP contribution in [0.15, 0.2) is 48.8 Å². The third kappa shape index (κ3) is 3.00. The first-order valence-corrected chi connectivity index (χ1v) is 8.02. The highest BCUT2D eigenvalue weighted by Gasteiger charge is 2.17. The fraction of sp³-hybridized carbons (Fsp3) is 0.278. The van der Waals surface area contributed by atoms with Crippen molar-refractivity contribution in [3.05, 3.63) is 54.5 Å². The largest absolute Gasteiger partial charge is 0.399 e. The Morgan fingerprint density at radius 3 is 2.57 bits per heavy atom. The summed E-state index contributed by atoms with van der Waals surface area (Å²) in [4.78, 5) is 12.5. The number of anilines is 2. The molecule has 0 radical (unpaired) electrons. The zero-order valence-electron chi connectivity index (χ0n) is 13.1. The molecule has 2 aromatic heterocycles. The topological polar surface area (TPSA) is 61.2 Å². The van der Waals surface area contributed by atoms with Gasteiger partial charge in [0.05, 0.1) is 0 Å². The van der Waals surface area contributed by atoms with Gasteiger partial charge in [-0.1, -0.05) is 0 Å². The molecule has 0 bridgehead atoms. The van der Waals surface area contributed by atoms with E-state index in [2.05, 4.69) is 44.0 Å². The zero-order valence-corrected chi connectivity index (χ0v) is 13.1. The molecular formula is C18H21N5. The molecule has 118 valence electrons. The van der Waals surface area contributed by atoms with Crippen molar-refractivity contribution in [1.82, 2.24) is 14.9 Å². The number of H-pyrrole nitrogens is 1. The van der Waals surface area contributed by atoms with Crippen molar-refractivity contribution in [2.24, 2.45) is 0 Å². The van der Waals surface area contributed by atoms with Crippen molar-refractivity contribution in [2.45, 2.75) is 6.54 Å². The molecule has 3 aromatic rings. The minimum atomic E-state index is 0.814. The standard InChI is InChI=1S/C18H21N5/c19-15-1-2-18-14(11-15)12-16(21-18)13-22-7-9-23(10-8-22)17-3-5-20-6-4-17/h1-6,11-12,21H,7-10,13,19H2. The number of benzene rings is 1.